The topological polar surface area (TPSA) is 32.3 Å². The summed E-state index contributed by atoms with van der Waals surface area (Å²) in [4.78, 5) is 14.2. The SMILES string of the molecule is CC1(C)CN(C(=O)c2ccc(F)cc2F)c2ccccc2N1. The summed E-state index contributed by atoms with van der Waals surface area (Å²) in [5.41, 5.74) is 1.03. The summed E-state index contributed by atoms with van der Waals surface area (Å²) in [6.45, 7) is 4.31. The molecule has 1 aliphatic rings. The van der Waals surface area contributed by atoms with Gasteiger partial charge in [0.05, 0.1) is 16.9 Å². The van der Waals surface area contributed by atoms with Crippen molar-refractivity contribution in [3.63, 3.8) is 0 Å². The molecule has 2 aromatic rings. The monoisotopic (exact) mass is 302 g/mol. The van der Waals surface area contributed by atoms with Gasteiger partial charge in [-0.05, 0) is 38.1 Å². The summed E-state index contributed by atoms with van der Waals surface area (Å²) in [6, 6.07) is 10.4. The Kier molecular flexibility index (Phi) is 3.35. The first-order valence-corrected chi connectivity index (χ1v) is 7.01. The van der Waals surface area contributed by atoms with Crippen molar-refractivity contribution in [2.75, 3.05) is 16.8 Å². The molecule has 0 bridgehead atoms. The predicted molar refractivity (Wildman–Crippen MR) is 82.2 cm³/mol. The number of nitrogens with one attached hydrogen (secondary N) is 1. The second-order valence-corrected chi connectivity index (χ2v) is 6.04. The minimum Gasteiger partial charge on any atom is -0.377 e. The van der Waals surface area contributed by atoms with Crippen LogP contribution in [0.15, 0.2) is 42.5 Å². The molecule has 0 aromatic heterocycles. The maximum absolute atomic E-state index is 13.9. The highest BCUT2D eigenvalue weighted by molar-refractivity contribution is 6.08. The molecule has 0 aliphatic carbocycles. The Morgan fingerprint density at radius 3 is 2.64 bits per heavy atom. The largest absolute Gasteiger partial charge is 0.377 e. The quantitative estimate of drug-likeness (QED) is 0.868. The normalized spacial score (nSPS) is 15.9. The Morgan fingerprint density at radius 1 is 1.18 bits per heavy atom. The highest BCUT2D eigenvalue weighted by atomic mass is 19.1. The van der Waals surface area contributed by atoms with Crippen LogP contribution in [0.4, 0.5) is 20.2 Å². The molecule has 0 radical (unpaired) electrons. The summed E-state index contributed by atoms with van der Waals surface area (Å²) < 4.78 is 27.0. The maximum Gasteiger partial charge on any atom is 0.261 e. The minimum absolute atomic E-state index is 0.131. The first-order chi connectivity index (χ1) is 10.4. The van der Waals surface area contributed by atoms with Gasteiger partial charge in [-0.1, -0.05) is 12.1 Å². The first kappa shape index (κ1) is 14.5. The molecular formula is C17H16F2N2O. The molecule has 1 heterocycles. The summed E-state index contributed by atoms with van der Waals surface area (Å²) in [7, 11) is 0. The predicted octanol–water partition coefficient (Wildman–Crippen LogP) is 3.82. The van der Waals surface area contributed by atoms with Gasteiger partial charge < -0.3 is 10.2 Å². The van der Waals surface area contributed by atoms with Crippen LogP contribution in [0.5, 0.6) is 0 Å². The third kappa shape index (κ3) is 2.54. The fourth-order valence-corrected chi connectivity index (χ4v) is 2.69. The van der Waals surface area contributed by atoms with E-state index in [-0.39, 0.29) is 11.1 Å². The fourth-order valence-electron chi connectivity index (χ4n) is 2.69. The van der Waals surface area contributed by atoms with Crippen molar-refractivity contribution in [2.24, 2.45) is 0 Å². The molecule has 0 unspecified atom stereocenters. The van der Waals surface area contributed by atoms with Gasteiger partial charge in [0.25, 0.3) is 5.91 Å². The molecule has 0 saturated heterocycles. The lowest BCUT2D eigenvalue weighted by Gasteiger charge is -2.40. The van der Waals surface area contributed by atoms with Crippen molar-refractivity contribution >= 4 is 17.3 Å². The second-order valence-electron chi connectivity index (χ2n) is 6.04. The Bertz CT molecular complexity index is 743. The Labute approximate surface area is 127 Å². The van der Waals surface area contributed by atoms with Crippen molar-refractivity contribution in [1.82, 2.24) is 0 Å². The number of anilines is 2. The molecule has 2 aromatic carbocycles. The highest BCUT2D eigenvalue weighted by Crippen LogP contribution is 2.35. The molecule has 0 saturated carbocycles. The lowest BCUT2D eigenvalue weighted by atomic mass is 9.98. The van der Waals surface area contributed by atoms with Crippen LogP contribution in [0.25, 0.3) is 0 Å². The van der Waals surface area contributed by atoms with Crippen molar-refractivity contribution in [3.8, 4) is 0 Å². The third-order valence-electron chi connectivity index (χ3n) is 3.63. The summed E-state index contributed by atoms with van der Waals surface area (Å²) in [5.74, 6) is -2.02. The van der Waals surface area contributed by atoms with Crippen LogP contribution in [0.3, 0.4) is 0 Å². The number of halogens is 2. The van der Waals surface area contributed by atoms with E-state index < -0.39 is 17.5 Å². The Hall–Kier alpha value is -2.43. The van der Waals surface area contributed by atoms with E-state index in [1.807, 2.05) is 32.0 Å². The summed E-state index contributed by atoms with van der Waals surface area (Å²) in [5, 5.41) is 3.35. The number of benzene rings is 2. The van der Waals surface area contributed by atoms with Crippen molar-refractivity contribution < 1.29 is 13.6 Å². The summed E-state index contributed by atoms with van der Waals surface area (Å²) in [6.07, 6.45) is 0. The molecule has 0 spiro atoms. The molecule has 3 rings (SSSR count). The van der Waals surface area contributed by atoms with Gasteiger partial charge in [0, 0.05) is 18.2 Å². The van der Waals surface area contributed by atoms with Gasteiger partial charge in [0.15, 0.2) is 0 Å². The van der Waals surface area contributed by atoms with Crippen molar-refractivity contribution in [1.29, 1.82) is 0 Å². The van der Waals surface area contributed by atoms with E-state index in [2.05, 4.69) is 5.32 Å². The van der Waals surface area contributed by atoms with Gasteiger partial charge in [-0.15, -0.1) is 0 Å². The maximum atomic E-state index is 13.9. The molecule has 1 amide bonds. The number of rotatable bonds is 1. The zero-order chi connectivity index (χ0) is 15.9. The Morgan fingerprint density at radius 2 is 1.91 bits per heavy atom. The lowest BCUT2D eigenvalue weighted by molar-refractivity contribution is 0.0977. The number of nitrogens with zero attached hydrogens (tertiary/aromatic N) is 1. The van der Waals surface area contributed by atoms with Gasteiger partial charge in [0.2, 0.25) is 0 Å². The molecule has 0 fully saturated rings. The standard InChI is InChI=1S/C17H16F2N2O/c1-17(2)10-21(15-6-4-3-5-14(15)20-17)16(22)12-8-7-11(18)9-13(12)19/h3-9,20H,10H2,1-2H3. The van der Waals surface area contributed by atoms with E-state index in [4.69, 9.17) is 0 Å². The van der Waals surface area contributed by atoms with E-state index >= 15 is 0 Å². The van der Waals surface area contributed by atoms with Crippen molar-refractivity contribution in [2.45, 2.75) is 19.4 Å². The van der Waals surface area contributed by atoms with Crippen LogP contribution >= 0.6 is 0 Å². The van der Waals surface area contributed by atoms with Gasteiger partial charge in [-0.2, -0.15) is 0 Å². The number of amides is 1. The second kappa shape index (κ2) is 5.09. The van der Waals surface area contributed by atoms with Crippen LogP contribution in [-0.4, -0.2) is 18.0 Å². The number of hydrogen-bond donors (Lipinski definition) is 1. The number of hydrogen-bond acceptors (Lipinski definition) is 2. The van der Waals surface area contributed by atoms with Gasteiger partial charge in [-0.3, -0.25) is 4.79 Å². The van der Waals surface area contributed by atoms with Gasteiger partial charge in [-0.25, -0.2) is 8.78 Å². The van der Waals surface area contributed by atoms with E-state index in [0.717, 1.165) is 17.8 Å². The van der Waals surface area contributed by atoms with E-state index in [0.29, 0.717) is 12.2 Å². The zero-order valence-electron chi connectivity index (χ0n) is 12.4. The molecule has 0 atom stereocenters. The molecule has 1 N–H and O–H groups in total. The molecular weight excluding hydrogens is 286 g/mol. The average Bonchev–Trinajstić information content (AvgIpc) is 2.44. The van der Waals surface area contributed by atoms with E-state index in [1.165, 1.54) is 11.0 Å². The van der Waals surface area contributed by atoms with Crippen molar-refractivity contribution in [3.05, 3.63) is 59.7 Å². The number of para-hydroxylation sites is 2. The molecule has 114 valence electrons. The number of carbonyl (C=O) groups excluding carboxylic acids is 1. The van der Waals surface area contributed by atoms with Crippen LogP contribution in [0.1, 0.15) is 24.2 Å². The van der Waals surface area contributed by atoms with Gasteiger partial charge in [0.1, 0.15) is 11.6 Å². The molecule has 22 heavy (non-hydrogen) atoms. The number of carbonyl (C=O) groups is 1. The highest BCUT2D eigenvalue weighted by Gasteiger charge is 2.33. The molecule has 3 nitrogen and oxygen atoms in total. The average molecular weight is 302 g/mol. The van der Waals surface area contributed by atoms with E-state index in [9.17, 15) is 13.6 Å². The third-order valence-corrected chi connectivity index (χ3v) is 3.63. The van der Waals surface area contributed by atoms with Crippen LogP contribution in [-0.2, 0) is 0 Å². The smallest absolute Gasteiger partial charge is 0.261 e. The van der Waals surface area contributed by atoms with E-state index in [1.54, 1.807) is 6.07 Å². The minimum atomic E-state index is -0.848. The summed E-state index contributed by atoms with van der Waals surface area (Å²) >= 11 is 0. The van der Waals surface area contributed by atoms with Crippen LogP contribution in [0.2, 0.25) is 0 Å². The first-order valence-electron chi connectivity index (χ1n) is 7.01. The molecule has 1 aliphatic heterocycles. The lowest BCUT2D eigenvalue weighted by Crippen LogP contribution is -2.50. The molecule has 5 heteroatoms. The fraction of sp³-hybridized carbons (Fsp3) is 0.235. The number of fused-ring (bicyclic) bond motifs is 1. The van der Waals surface area contributed by atoms with Crippen LogP contribution in [0, 0.1) is 11.6 Å². The van der Waals surface area contributed by atoms with Crippen LogP contribution < -0.4 is 10.2 Å². The zero-order valence-corrected chi connectivity index (χ0v) is 12.4. The Balaban J connectivity index is 2.05. The van der Waals surface area contributed by atoms with Gasteiger partial charge >= 0.3 is 0 Å².